The molecule has 0 bridgehead atoms. The standard InChI is InChI=1S/C16H20N6O/c1-11(2)22-9-12(7-18-22)21-10-14-13(15(21)23)8-17-16(19-14)20-5-3-4-6-20/h7-9,11H,3-6,10H2,1-2H3. The molecule has 1 amide bonds. The molecule has 120 valence electrons. The number of amides is 1. The van der Waals surface area contributed by atoms with Gasteiger partial charge in [-0.15, -0.1) is 0 Å². The average molecular weight is 312 g/mol. The lowest BCUT2D eigenvalue weighted by Crippen LogP contribution is -2.22. The van der Waals surface area contributed by atoms with E-state index in [4.69, 9.17) is 0 Å². The van der Waals surface area contributed by atoms with Crippen molar-refractivity contribution in [2.24, 2.45) is 0 Å². The van der Waals surface area contributed by atoms with Crippen molar-refractivity contribution < 1.29 is 4.79 Å². The van der Waals surface area contributed by atoms with E-state index in [2.05, 4.69) is 33.8 Å². The largest absolute Gasteiger partial charge is 0.341 e. The van der Waals surface area contributed by atoms with Gasteiger partial charge in [0.05, 0.1) is 29.7 Å². The minimum Gasteiger partial charge on any atom is -0.341 e. The normalized spacial score (nSPS) is 17.4. The third-order valence-corrected chi connectivity index (χ3v) is 4.46. The van der Waals surface area contributed by atoms with Crippen molar-refractivity contribution in [2.75, 3.05) is 22.9 Å². The van der Waals surface area contributed by atoms with Crippen LogP contribution in [0.5, 0.6) is 0 Å². The first-order valence-corrected chi connectivity index (χ1v) is 8.10. The van der Waals surface area contributed by atoms with Crippen molar-refractivity contribution in [3.05, 3.63) is 29.8 Å². The van der Waals surface area contributed by atoms with E-state index in [1.807, 2.05) is 10.9 Å². The van der Waals surface area contributed by atoms with Gasteiger partial charge in [0.25, 0.3) is 5.91 Å². The number of nitrogens with zero attached hydrogens (tertiary/aromatic N) is 6. The molecule has 1 fully saturated rings. The van der Waals surface area contributed by atoms with E-state index in [0.717, 1.165) is 30.4 Å². The minimum absolute atomic E-state index is 0.0451. The molecule has 2 aliphatic heterocycles. The summed E-state index contributed by atoms with van der Waals surface area (Å²) in [5, 5.41) is 4.32. The number of anilines is 2. The summed E-state index contributed by atoms with van der Waals surface area (Å²) < 4.78 is 1.85. The number of fused-ring (bicyclic) bond motifs is 1. The van der Waals surface area contributed by atoms with E-state index >= 15 is 0 Å². The van der Waals surface area contributed by atoms with Gasteiger partial charge in [-0.3, -0.25) is 14.4 Å². The van der Waals surface area contributed by atoms with E-state index in [1.165, 1.54) is 12.8 Å². The van der Waals surface area contributed by atoms with E-state index < -0.39 is 0 Å². The third-order valence-electron chi connectivity index (χ3n) is 4.46. The maximum absolute atomic E-state index is 12.6. The Kier molecular flexibility index (Phi) is 3.28. The molecular formula is C16H20N6O. The van der Waals surface area contributed by atoms with Gasteiger partial charge in [-0.05, 0) is 26.7 Å². The fourth-order valence-corrected chi connectivity index (χ4v) is 3.10. The fourth-order valence-electron chi connectivity index (χ4n) is 3.10. The summed E-state index contributed by atoms with van der Waals surface area (Å²) in [7, 11) is 0. The Labute approximate surface area is 134 Å². The first-order valence-electron chi connectivity index (χ1n) is 8.10. The van der Waals surface area contributed by atoms with Gasteiger partial charge in [-0.2, -0.15) is 5.10 Å². The van der Waals surface area contributed by atoms with Crippen molar-refractivity contribution in [1.29, 1.82) is 0 Å². The van der Waals surface area contributed by atoms with E-state index in [1.54, 1.807) is 17.3 Å². The second-order valence-corrected chi connectivity index (χ2v) is 6.39. The smallest absolute Gasteiger partial charge is 0.262 e. The zero-order valence-corrected chi connectivity index (χ0v) is 13.4. The topological polar surface area (TPSA) is 67.2 Å². The van der Waals surface area contributed by atoms with Crippen molar-refractivity contribution in [3.8, 4) is 0 Å². The number of carbonyl (C=O) groups excluding carboxylic acids is 1. The first kappa shape index (κ1) is 14.2. The summed E-state index contributed by atoms with van der Waals surface area (Å²) in [6.45, 7) is 6.60. The number of hydrogen-bond acceptors (Lipinski definition) is 5. The van der Waals surface area contributed by atoms with Crippen LogP contribution in [0, 0.1) is 0 Å². The Morgan fingerprint density at radius 2 is 1.96 bits per heavy atom. The molecular weight excluding hydrogens is 292 g/mol. The van der Waals surface area contributed by atoms with Gasteiger partial charge in [-0.1, -0.05) is 0 Å². The molecule has 23 heavy (non-hydrogen) atoms. The van der Waals surface area contributed by atoms with Crippen molar-refractivity contribution in [1.82, 2.24) is 19.7 Å². The van der Waals surface area contributed by atoms with Gasteiger partial charge in [-0.25, -0.2) is 9.97 Å². The van der Waals surface area contributed by atoms with Gasteiger partial charge in [0, 0.05) is 31.5 Å². The second-order valence-electron chi connectivity index (χ2n) is 6.39. The SMILES string of the molecule is CC(C)n1cc(N2Cc3nc(N4CCCC4)ncc3C2=O)cn1. The van der Waals surface area contributed by atoms with E-state index in [-0.39, 0.29) is 11.9 Å². The van der Waals surface area contributed by atoms with Gasteiger partial charge >= 0.3 is 0 Å². The Bertz CT molecular complexity index is 747. The summed E-state index contributed by atoms with van der Waals surface area (Å²) in [5.41, 5.74) is 2.22. The molecule has 0 aliphatic carbocycles. The Balaban J connectivity index is 1.61. The van der Waals surface area contributed by atoms with Crippen LogP contribution in [0.3, 0.4) is 0 Å². The van der Waals surface area contributed by atoms with Crippen molar-refractivity contribution in [3.63, 3.8) is 0 Å². The molecule has 0 unspecified atom stereocenters. The van der Waals surface area contributed by atoms with Crippen molar-refractivity contribution in [2.45, 2.75) is 39.3 Å². The van der Waals surface area contributed by atoms with Crippen LogP contribution in [0.1, 0.15) is 48.8 Å². The molecule has 1 saturated heterocycles. The highest BCUT2D eigenvalue weighted by molar-refractivity contribution is 6.09. The van der Waals surface area contributed by atoms with Gasteiger partial charge < -0.3 is 4.90 Å². The quantitative estimate of drug-likeness (QED) is 0.867. The molecule has 2 aliphatic rings. The maximum atomic E-state index is 12.6. The molecule has 0 radical (unpaired) electrons. The van der Waals surface area contributed by atoms with Crippen LogP contribution in [0.25, 0.3) is 0 Å². The lowest BCUT2D eigenvalue weighted by atomic mass is 10.3. The van der Waals surface area contributed by atoms with Crippen LogP contribution in [0.15, 0.2) is 18.6 Å². The lowest BCUT2D eigenvalue weighted by Gasteiger charge is -2.14. The molecule has 0 aromatic carbocycles. The molecule has 7 heteroatoms. The molecule has 2 aromatic heterocycles. The summed E-state index contributed by atoms with van der Waals surface area (Å²) in [5.74, 6) is 0.699. The molecule has 0 saturated carbocycles. The maximum Gasteiger partial charge on any atom is 0.262 e. The highest BCUT2D eigenvalue weighted by Gasteiger charge is 2.32. The van der Waals surface area contributed by atoms with Crippen LogP contribution in [-0.2, 0) is 6.54 Å². The molecule has 2 aromatic rings. The molecule has 7 nitrogen and oxygen atoms in total. The highest BCUT2D eigenvalue weighted by atomic mass is 16.2. The second kappa shape index (κ2) is 5.33. The van der Waals surface area contributed by atoms with E-state index in [0.29, 0.717) is 12.1 Å². The van der Waals surface area contributed by atoms with Crippen LogP contribution in [0.2, 0.25) is 0 Å². The number of rotatable bonds is 3. The van der Waals surface area contributed by atoms with Crippen molar-refractivity contribution >= 4 is 17.5 Å². The molecule has 0 atom stereocenters. The van der Waals surface area contributed by atoms with Crippen LogP contribution >= 0.6 is 0 Å². The first-order chi connectivity index (χ1) is 11.1. The third kappa shape index (κ3) is 2.36. The molecule has 0 N–H and O–H groups in total. The Morgan fingerprint density at radius 1 is 1.17 bits per heavy atom. The summed E-state index contributed by atoms with van der Waals surface area (Å²) >= 11 is 0. The zero-order valence-electron chi connectivity index (χ0n) is 13.4. The lowest BCUT2D eigenvalue weighted by molar-refractivity contribution is 0.0996. The predicted molar refractivity (Wildman–Crippen MR) is 86.6 cm³/mol. The Hall–Kier alpha value is -2.44. The monoisotopic (exact) mass is 312 g/mol. The number of hydrogen-bond donors (Lipinski definition) is 0. The van der Waals surface area contributed by atoms with Gasteiger partial charge in [0.15, 0.2) is 0 Å². The minimum atomic E-state index is -0.0451. The predicted octanol–water partition coefficient (Wildman–Crippen LogP) is 2.01. The van der Waals surface area contributed by atoms with Crippen LogP contribution in [0.4, 0.5) is 11.6 Å². The molecule has 4 heterocycles. The summed E-state index contributed by atoms with van der Waals surface area (Å²) in [6.07, 6.45) is 7.67. The zero-order chi connectivity index (χ0) is 16.0. The summed E-state index contributed by atoms with van der Waals surface area (Å²) in [6, 6.07) is 0.269. The highest BCUT2D eigenvalue weighted by Crippen LogP contribution is 2.28. The Morgan fingerprint density at radius 3 is 2.65 bits per heavy atom. The summed E-state index contributed by atoms with van der Waals surface area (Å²) in [4.78, 5) is 25.5. The molecule has 4 rings (SSSR count). The van der Waals surface area contributed by atoms with Gasteiger partial charge in [0.1, 0.15) is 0 Å². The van der Waals surface area contributed by atoms with Gasteiger partial charge in [0.2, 0.25) is 5.95 Å². The van der Waals surface area contributed by atoms with Crippen LogP contribution in [-0.4, -0.2) is 38.7 Å². The molecule has 0 spiro atoms. The number of carbonyl (C=O) groups is 1. The van der Waals surface area contributed by atoms with E-state index in [9.17, 15) is 4.79 Å². The van der Waals surface area contributed by atoms with Crippen LogP contribution < -0.4 is 9.80 Å². The number of aromatic nitrogens is 4. The fraction of sp³-hybridized carbons (Fsp3) is 0.500. The average Bonchev–Trinajstić information content (AvgIpc) is 3.26.